The Morgan fingerprint density at radius 3 is 1.82 bits per heavy atom. The largest absolute Gasteiger partial charge is 0.219 e. The highest BCUT2D eigenvalue weighted by Crippen LogP contribution is 2.22. The molecule has 2 aromatic rings. The molecule has 0 amide bonds. The Morgan fingerprint density at radius 1 is 0.909 bits per heavy atom. The lowest BCUT2D eigenvalue weighted by Crippen LogP contribution is -2.01. The first-order chi connectivity index (χ1) is 10.5. The minimum atomic E-state index is -3.56. The number of nitrogens with zero attached hydrogens (tertiary/aromatic N) is 2. The third-order valence-electron chi connectivity index (χ3n) is 3.07. The topological polar surface area (TPSA) is 81.7 Å². The Balaban J connectivity index is 2.39. The van der Waals surface area contributed by atoms with Gasteiger partial charge in [-0.25, -0.2) is 8.42 Å². The van der Waals surface area contributed by atoms with Crippen molar-refractivity contribution in [3.8, 4) is 12.1 Å². The van der Waals surface area contributed by atoms with Crippen molar-refractivity contribution in [1.82, 2.24) is 0 Å². The highest BCUT2D eigenvalue weighted by molar-refractivity contribution is 7.91. The van der Waals surface area contributed by atoms with Gasteiger partial charge < -0.3 is 0 Å². The molecule has 0 saturated carbocycles. The molecule has 2 rings (SSSR count). The van der Waals surface area contributed by atoms with Crippen molar-refractivity contribution in [2.75, 3.05) is 0 Å². The summed E-state index contributed by atoms with van der Waals surface area (Å²) >= 11 is 0. The lowest BCUT2D eigenvalue weighted by Gasteiger charge is -2.05. The molecule has 0 fully saturated rings. The summed E-state index contributed by atoms with van der Waals surface area (Å²) in [7, 11) is -3.56. The number of allylic oxidation sites excluding steroid dienone is 1. The molecule has 108 valence electrons. The van der Waals surface area contributed by atoms with E-state index >= 15 is 0 Å². The molecule has 2 aromatic carbocycles. The van der Waals surface area contributed by atoms with E-state index in [9.17, 15) is 8.42 Å². The van der Waals surface area contributed by atoms with E-state index in [4.69, 9.17) is 10.5 Å². The van der Waals surface area contributed by atoms with Gasteiger partial charge >= 0.3 is 0 Å². The summed E-state index contributed by atoms with van der Waals surface area (Å²) < 4.78 is 24.9. The first kappa shape index (κ1) is 15.5. The molecule has 0 aliphatic rings. The lowest BCUT2D eigenvalue weighted by molar-refractivity contribution is 0.596. The summed E-state index contributed by atoms with van der Waals surface area (Å²) in [4.78, 5) is 0.403. The van der Waals surface area contributed by atoms with Crippen molar-refractivity contribution >= 4 is 15.9 Å². The van der Waals surface area contributed by atoms with Crippen LogP contribution >= 0.6 is 0 Å². The minimum absolute atomic E-state index is 0.0332. The van der Waals surface area contributed by atoms with Gasteiger partial charge in [0.25, 0.3) is 0 Å². The van der Waals surface area contributed by atoms with Gasteiger partial charge in [-0.1, -0.05) is 29.8 Å². The van der Waals surface area contributed by atoms with Gasteiger partial charge in [0.05, 0.1) is 9.79 Å². The van der Waals surface area contributed by atoms with Crippen LogP contribution in [0.5, 0.6) is 0 Å². The van der Waals surface area contributed by atoms with E-state index < -0.39 is 9.84 Å². The Kier molecular flexibility index (Phi) is 4.41. The van der Waals surface area contributed by atoms with Crippen LogP contribution in [0.4, 0.5) is 0 Å². The molecule has 0 heterocycles. The number of sulfone groups is 1. The Hall–Kier alpha value is -2.89. The second-order valence-corrected chi connectivity index (χ2v) is 6.62. The van der Waals surface area contributed by atoms with Crippen LogP contribution in [0.3, 0.4) is 0 Å². The van der Waals surface area contributed by atoms with Crippen LogP contribution in [-0.4, -0.2) is 8.42 Å². The Labute approximate surface area is 129 Å². The van der Waals surface area contributed by atoms with E-state index in [0.717, 1.165) is 5.56 Å². The fraction of sp³-hybridized carbons (Fsp3) is 0.0588. The maximum absolute atomic E-state index is 12.5. The molecule has 0 aliphatic carbocycles. The van der Waals surface area contributed by atoms with Gasteiger partial charge in [0.15, 0.2) is 0 Å². The van der Waals surface area contributed by atoms with Crippen LogP contribution in [0.2, 0.25) is 0 Å². The van der Waals surface area contributed by atoms with Crippen LogP contribution < -0.4 is 0 Å². The number of hydrogen-bond donors (Lipinski definition) is 0. The van der Waals surface area contributed by atoms with Gasteiger partial charge in [-0.05, 0) is 42.8 Å². The molecule has 0 bridgehead atoms. The van der Waals surface area contributed by atoms with E-state index in [-0.39, 0.29) is 15.4 Å². The number of aryl methyl sites for hydroxylation is 1. The molecule has 0 aliphatic heterocycles. The average molecular weight is 308 g/mol. The zero-order valence-electron chi connectivity index (χ0n) is 11.8. The predicted octanol–water partition coefficient (Wildman–Crippen LogP) is 3.26. The van der Waals surface area contributed by atoms with Crippen LogP contribution in [0.15, 0.2) is 63.9 Å². The van der Waals surface area contributed by atoms with Crippen LogP contribution in [0.25, 0.3) is 6.08 Å². The van der Waals surface area contributed by atoms with E-state index in [0.29, 0.717) is 5.56 Å². The molecule has 0 saturated heterocycles. The van der Waals surface area contributed by atoms with E-state index in [1.165, 1.54) is 18.2 Å². The minimum Gasteiger partial charge on any atom is -0.219 e. The van der Waals surface area contributed by atoms with Crippen LogP contribution in [0.1, 0.15) is 11.1 Å². The van der Waals surface area contributed by atoms with Crippen molar-refractivity contribution < 1.29 is 8.42 Å². The van der Waals surface area contributed by atoms with Gasteiger partial charge in [-0.2, -0.15) is 10.5 Å². The number of benzene rings is 2. The summed E-state index contributed by atoms with van der Waals surface area (Å²) in [5.41, 5.74) is 1.55. The van der Waals surface area contributed by atoms with Crippen molar-refractivity contribution in [3.63, 3.8) is 0 Å². The van der Waals surface area contributed by atoms with Gasteiger partial charge in [0.1, 0.15) is 17.7 Å². The SMILES string of the molecule is Cc1ccc(S(=O)(=O)c2ccc(C=C(C#N)C#N)cc2)cc1. The van der Waals surface area contributed by atoms with Crippen molar-refractivity contribution in [3.05, 3.63) is 65.2 Å². The van der Waals surface area contributed by atoms with Crippen LogP contribution in [0, 0.1) is 29.6 Å². The molecule has 0 radical (unpaired) electrons. The number of rotatable bonds is 3. The van der Waals surface area contributed by atoms with E-state index in [2.05, 4.69) is 0 Å². The summed E-state index contributed by atoms with van der Waals surface area (Å²) in [6.07, 6.45) is 1.41. The standard InChI is InChI=1S/C17H12N2O2S/c1-13-2-6-16(7-3-13)22(20,21)17-8-4-14(5-9-17)10-15(11-18)12-19/h2-10H,1H3. The van der Waals surface area contributed by atoms with Gasteiger partial charge in [0, 0.05) is 0 Å². The average Bonchev–Trinajstić information content (AvgIpc) is 2.53. The summed E-state index contributed by atoms with van der Waals surface area (Å²) in [6, 6.07) is 16.2. The first-order valence-corrected chi connectivity index (χ1v) is 7.89. The molecule has 5 heteroatoms. The third kappa shape index (κ3) is 3.22. The maximum atomic E-state index is 12.5. The quantitative estimate of drug-likeness (QED) is 0.815. The van der Waals surface area contributed by atoms with Gasteiger partial charge in [0.2, 0.25) is 9.84 Å². The highest BCUT2D eigenvalue weighted by Gasteiger charge is 2.16. The fourth-order valence-electron chi connectivity index (χ4n) is 1.85. The molecule has 0 N–H and O–H groups in total. The highest BCUT2D eigenvalue weighted by atomic mass is 32.2. The van der Waals surface area contributed by atoms with Crippen molar-refractivity contribution in [1.29, 1.82) is 10.5 Å². The normalized spacial score (nSPS) is 10.3. The fourth-order valence-corrected chi connectivity index (χ4v) is 3.11. The smallest absolute Gasteiger partial charge is 0.206 e. The predicted molar refractivity (Wildman–Crippen MR) is 82.3 cm³/mol. The molecule has 22 heavy (non-hydrogen) atoms. The van der Waals surface area contributed by atoms with E-state index in [1.807, 2.05) is 6.92 Å². The molecule has 0 unspecified atom stereocenters. The Bertz CT molecular complexity index is 879. The molecule has 4 nitrogen and oxygen atoms in total. The first-order valence-electron chi connectivity index (χ1n) is 6.41. The maximum Gasteiger partial charge on any atom is 0.206 e. The zero-order valence-corrected chi connectivity index (χ0v) is 12.6. The molecule has 0 spiro atoms. The van der Waals surface area contributed by atoms with E-state index in [1.54, 1.807) is 48.5 Å². The molecular formula is C17H12N2O2S. The molecule has 0 atom stereocenters. The summed E-state index contributed by atoms with van der Waals surface area (Å²) in [5.74, 6) is 0. The van der Waals surface area contributed by atoms with Gasteiger partial charge in [-0.3, -0.25) is 0 Å². The summed E-state index contributed by atoms with van der Waals surface area (Å²) in [5, 5.41) is 17.4. The van der Waals surface area contributed by atoms with Crippen molar-refractivity contribution in [2.45, 2.75) is 16.7 Å². The van der Waals surface area contributed by atoms with Gasteiger partial charge in [-0.15, -0.1) is 0 Å². The second kappa shape index (κ2) is 6.26. The second-order valence-electron chi connectivity index (χ2n) is 4.67. The third-order valence-corrected chi connectivity index (χ3v) is 4.86. The monoisotopic (exact) mass is 308 g/mol. The number of nitriles is 2. The zero-order chi connectivity index (χ0) is 16.2. The Morgan fingerprint density at radius 2 is 1.36 bits per heavy atom. The van der Waals surface area contributed by atoms with Crippen molar-refractivity contribution in [2.24, 2.45) is 0 Å². The number of hydrogen-bond acceptors (Lipinski definition) is 4. The molecular weight excluding hydrogens is 296 g/mol. The van der Waals surface area contributed by atoms with Crippen LogP contribution in [-0.2, 0) is 9.84 Å². The summed E-state index contributed by atoms with van der Waals surface area (Å²) in [6.45, 7) is 1.89. The lowest BCUT2D eigenvalue weighted by atomic mass is 10.1. The molecule has 0 aromatic heterocycles.